The molecule has 1 aliphatic rings. The molecule has 1 amide bonds. The van der Waals surface area contributed by atoms with E-state index >= 15 is 0 Å². The quantitative estimate of drug-likeness (QED) is 0.410. The molecule has 9 nitrogen and oxygen atoms in total. The van der Waals surface area contributed by atoms with E-state index in [2.05, 4.69) is 49.2 Å². The topological polar surface area (TPSA) is 131 Å². The maximum Gasteiger partial charge on any atom is 0.281 e. The first-order valence-corrected chi connectivity index (χ1v) is 14.8. The summed E-state index contributed by atoms with van der Waals surface area (Å²) in [6.07, 6.45) is 2.81. The number of aryl methyl sites for hydroxylation is 2. The number of nitrogens with one attached hydrogen (secondary N) is 1. The Morgan fingerprint density at radius 2 is 1.87 bits per heavy atom. The van der Waals surface area contributed by atoms with Gasteiger partial charge in [-0.25, -0.2) is 14.7 Å². The molecule has 10 heteroatoms. The Kier molecular flexibility index (Phi) is 7.97. The molecule has 1 saturated heterocycles. The highest BCUT2D eigenvalue weighted by molar-refractivity contribution is 7.90. The summed E-state index contributed by atoms with van der Waals surface area (Å²) in [5.74, 6) is 0.643. The summed E-state index contributed by atoms with van der Waals surface area (Å²) in [7, 11) is -4.25. The molecule has 0 saturated carbocycles. The highest BCUT2D eigenvalue weighted by atomic mass is 32.2. The zero-order valence-electron chi connectivity index (χ0n) is 23.5. The van der Waals surface area contributed by atoms with Gasteiger partial charge < -0.3 is 10.6 Å². The Morgan fingerprint density at radius 1 is 1.13 bits per heavy atom. The molecule has 3 N–H and O–H groups in total. The Hall–Kier alpha value is -3.53. The smallest absolute Gasteiger partial charge is 0.281 e. The van der Waals surface area contributed by atoms with Crippen molar-refractivity contribution in [2.45, 2.75) is 71.4 Å². The van der Waals surface area contributed by atoms with Crippen LogP contribution in [0.2, 0.25) is 0 Å². The van der Waals surface area contributed by atoms with E-state index in [1.54, 1.807) is 12.1 Å². The lowest BCUT2D eigenvalue weighted by atomic mass is 9.97. The van der Waals surface area contributed by atoms with Gasteiger partial charge in [0.2, 0.25) is 0 Å². The SMILES string of the molecule is Cc1ccc(CCC(C)C)nc1-c1ccc(C(=O)NS(=O)(=O)c2cccc(N)n2)c(N2CC(C)CC2(C)C)n1. The number of amides is 1. The third-order valence-corrected chi connectivity index (χ3v) is 8.30. The summed E-state index contributed by atoms with van der Waals surface area (Å²) >= 11 is 0. The molecule has 0 spiro atoms. The number of nitrogen functional groups attached to an aromatic ring is 1. The molecule has 1 aliphatic heterocycles. The van der Waals surface area contributed by atoms with E-state index in [4.69, 9.17) is 15.7 Å². The average Bonchev–Trinajstić information content (AvgIpc) is 3.14. The van der Waals surface area contributed by atoms with Gasteiger partial charge in [0, 0.05) is 17.8 Å². The summed E-state index contributed by atoms with van der Waals surface area (Å²) < 4.78 is 28.1. The standard InChI is InChI=1S/C29H38N6O3S/c1-18(2)10-12-21-13-11-20(4)26(31-21)23-15-14-22(27(32-23)35-17-19(3)16-29(35,5)6)28(36)34-39(37,38)25-9-7-8-24(30)33-25/h7-9,11,13-15,18-19H,10,12,16-17H2,1-6H3,(H2,30,33)(H,34,36). The van der Waals surface area contributed by atoms with Gasteiger partial charge in [0.05, 0.1) is 17.0 Å². The lowest BCUT2D eigenvalue weighted by Crippen LogP contribution is -2.41. The van der Waals surface area contributed by atoms with Crippen LogP contribution in [0, 0.1) is 18.8 Å². The molecule has 39 heavy (non-hydrogen) atoms. The molecule has 208 valence electrons. The number of pyridine rings is 3. The molecule has 3 aromatic heterocycles. The molecular weight excluding hydrogens is 512 g/mol. The molecule has 1 unspecified atom stereocenters. The van der Waals surface area contributed by atoms with Gasteiger partial charge in [0.15, 0.2) is 5.03 Å². The van der Waals surface area contributed by atoms with E-state index in [0.717, 1.165) is 36.2 Å². The lowest BCUT2D eigenvalue weighted by molar-refractivity contribution is 0.0981. The van der Waals surface area contributed by atoms with Crippen LogP contribution >= 0.6 is 0 Å². The zero-order valence-corrected chi connectivity index (χ0v) is 24.3. The van der Waals surface area contributed by atoms with Crippen molar-refractivity contribution in [1.82, 2.24) is 19.7 Å². The third-order valence-electron chi connectivity index (χ3n) is 7.07. The van der Waals surface area contributed by atoms with Gasteiger partial charge in [-0.05, 0) is 87.8 Å². The Labute approximate surface area is 231 Å². The molecule has 4 heterocycles. The number of nitrogens with zero attached hydrogens (tertiary/aromatic N) is 4. The van der Waals surface area contributed by atoms with Crippen molar-refractivity contribution in [3.8, 4) is 11.4 Å². The van der Waals surface area contributed by atoms with Crippen molar-refractivity contribution < 1.29 is 13.2 Å². The fraction of sp³-hybridized carbons (Fsp3) is 0.448. The van der Waals surface area contributed by atoms with Crippen LogP contribution in [0.4, 0.5) is 11.6 Å². The van der Waals surface area contributed by atoms with E-state index in [9.17, 15) is 13.2 Å². The highest BCUT2D eigenvalue weighted by Crippen LogP contribution is 2.38. The minimum Gasteiger partial charge on any atom is -0.384 e. The number of sulfonamides is 1. The van der Waals surface area contributed by atoms with E-state index in [1.807, 2.05) is 19.1 Å². The Balaban J connectivity index is 1.77. The summed E-state index contributed by atoms with van der Waals surface area (Å²) in [5.41, 5.74) is 8.91. The van der Waals surface area contributed by atoms with Gasteiger partial charge in [-0.2, -0.15) is 8.42 Å². The predicted octanol–water partition coefficient (Wildman–Crippen LogP) is 4.76. The molecule has 0 bridgehead atoms. The van der Waals surface area contributed by atoms with Crippen molar-refractivity contribution >= 4 is 27.6 Å². The van der Waals surface area contributed by atoms with Gasteiger partial charge in [0.1, 0.15) is 11.6 Å². The third kappa shape index (κ3) is 6.38. The van der Waals surface area contributed by atoms with Crippen LogP contribution in [0.1, 0.15) is 69.1 Å². The maximum absolute atomic E-state index is 13.5. The molecule has 3 aromatic rings. The monoisotopic (exact) mass is 550 g/mol. The summed E-state index contributed by atoms with van der Waals surface area (Å²) in [6, 6.07) is 11.7. The van der Waals surface area contributed by atoms with Crippen LogP contribution < -0.4 is 15.4 Å². The van der Waals surface area contributed by atoms with Crippen LogP contribution in [-0.4, -0.2) is 41.4 Å². The van der Waals surface area contributed by atoms with Gasteiger partial charge in [-0.3, -0.25) is 9.78 Å². The number of hydrogen-bond acceptors (Lipinski definition) is 8. The molecule has 0 aromatic carbocycles. The van der Waals surface area contributed by atoms with E-state index in [0.29, 0.717) is 29.9 Å². The number of anilines is 2. The minimum atomic E-state index is -4.25. The second-order valence-corrected chi connectivity index (χ2v) is 13.2. The largest absolute Gasteiger partial charge is 0.384 e. The number of rotatable bonds is 8. The summed E-state index contributed by atoms with van der Waals surface area (Å²) in [6.45, 7) is 13.4. The van der Waals surface area contributed by atoms with E-state index in [-0.39, 0.29) is 21.9 Å². The number of nitrogens with two attached hydrogens (primary N) is 1. The minimum absolute atomic E-state index is 0.0448. The zero-order chi connectivity index (χ0) is 28.5. The van der Waals surface area contributed by atoms with Gasteiger partial charge in [-0.15, -0.1) is 0 Å². The van der Waals surface area contributed by atoms with Crippen LogP contribution in [0.5, 0.6) is 0 Å². The molecule has 1 atom stereocenters. The van der Waals surface area contributed by atoms with E-state index < -0.39 is 15.9 Å². The average molecular weight is 551 g/mol. The lowest BCUT2D eigenvalue weighted by Gasteiger charge is -2.34. The van der Waals surface area contributed by atoms with Crippen LogP contribution in [0.15, 0.2) is 47.5 Å². The molecular formula is C29H38N6O3S. The predicted molar refractivity (Wildman–Crippen MR) is 154 cm³/mol. The molecule has 1 fully saturated rings. The van der Waals surface area contributed by atoms with Gasteiger partial charge >= 0.3 is 0 Å². The Bertz CT molecular complexity index is 1490. The number of carbonyl (C=O) groups is 1. The van der Waals surface area contributed by atoms with Gasteiger partial charge in [0.25, 0.3) is 15.9 Å². The van der Waals surface area contributed by atoms with Crippen molar-refractivity contribution in [3.05, 3.63) is 59.3 Å². The first kappa shape index (κ1) is 28.5. The number of carbonyl (C=O) groups excluding carboxylic acids is 1. The van der Waals surface area contributed by atoms with E-state index in [1.165, 1.54) is 18.2 Å². The second-order valence-electron chi connectivity index (χ2n) is 11.5. The summed E-state index contributed by atoms with van der Waals surface area (Å²) in [5, 5.41) is -0.324. The number of aromatic nitrogens is 3. The second kappa shape index (κ2) is 10.9. The first-order valence-electron chi connectivity index (χ1n) is 13.3. The van der Waals surface area contributed by atoms with Crippen LogP contribution in [-0.2, 0) is 16.4 Å². The molecule has 0 aliphatic carbocycles. The van der Waals surface area contributed by atoms with Crippen LogP contribution in [0.3, 0.4) is 0 Å². The Morgan fingerprint density at radius 3 is 2.51 bits per heavy atom. The van der Waals surface area contributed by atoms with Gasteiger partial charge in [-0.1, -0.05) is 32.9 Å². The van der Waals surface area contributed by atoms with Crippen molar-refractivity contribution in [1.29, 1.82) is 0 Å². The highest BCUT2D eigenvalue weighted by Gasteiger charge is 2.39. The van der Waals surface area contributed by atoms with Crippen molar-refractivity contribution in [2.75, 3.05) is 17.2 Å². The fourth-order valence-electron chi connectivity index (χ4n) is 5.14. The van der Waals surface area contributed by atoms with Crippen molar-refractivity contribution in [3.63, 3.8) is 0 Å². The normalized spacial score (nSPS) is 17.0. The van der Waals surface area contributed by atoms with Crippen LogP contribution in [0.25, 0.3) is 11.4 Å². The fourth-order valence-corrected chi connectivity index (χ4v) is 6.08. The van der Waals surface area contributed by atoms with Crippen molar-refractivity contribution in [2.24, 2.45) is 11.8 Å². The maximum atomic E-state index is 13.5. The number of hydrogen-bond donors (Lipinski definition) is 2. The molecule has 4 rings (SSSR count). The summed E-state index contributed by atoms with van der Waals surface area (Å²) in [4.78, 5) is 29.3. The molecule has 0 radical (unpaired) electrons. The first-order chi connectivity index (χ1) is 18.3.